The van der Waals surface area contributed by atoms with E-state index in [4.69, 9.17) is 23.5 Å². The molecule has 3 aromatic rings. The monoisotopic (exact) mass is 366 g/mol. The molecule has 1 saturated heterocycles. The lowest BCUT2D eigenvalue weighted by Gasteiger charge is -2.20. The number of aromatic nitrogens is 4. The molecule has 134 valence electrons. The number of nitrogens with one attached hydrogen (secondary N) is 1. The molecule has 1 amide bonds. The molecule has 0 atom stereocenters. The van der Waals surface area contributed by atoms with Crippen molar-refractivity contribution in [2.75, 3.05) is 25.0 Å². The van der Waals surface area contributed by atoms with E-state index >= 15 is 0 Å². The van der Waals surface area contributed by atoms with Gasteiger partial charge in [-0.3, -0.25) is 19.7 Å². The van der Waals surface area contributed by atoms with E-state index in [-0.39, 0.29) is 11.9 Å². The number of rotatable bonds is 5. The van der Waals surface area contributed by atoms with Crippen LogP contribution >= 0.6 is 0 Å². The van der Waals surface area contributed by atoms with Crippen LogP contribution in [0.3, 0.4) is 0 Å². The van der Waals surface area contributed by atoms with Crippen molar-refractivity contribution >= 4 is 46.3 Å². The first-order valence-corrected chi connectivity index (χ1v) is 9.10. The lowest BCUT2D eigenvalue weighted by Crippen LogP contribution is -2.35. The summed E-state index contributed by atoms with van der Waals surface area (Å²) in [4.78, 5) is 23.0. The van der Waals surface area contributed by atoms with Gasteiger partial charge in [0, 0.05) is 23.3 Å². The average Bonchev–Trinajstić information content (AvgIpc) is 3.32. The normalized spacial score (nSPS) is 15.1. The maximum absolute atomic E-state index is 12.2. The van der Waals surface area contributed by atoms with Crippen molar-refractivity contribution in [1.29, 1.82) is 0 Å². The first-order valence-electron chi connectivity index (χ1n) is 9.10. The number of anilines is 1. The van der Waals surface area contributed by atoms with Crippen molar-refractivity contribution < 1.29 is 4.79 Å². The Balaban J connectivity index is 1.55. The highest BCUT2D eigenvalue weighted by Crippen LogP contribution is 2.24. The topological polar surface area (TPSA) is 75.9 Å². The van der Waals surface area contributed by atoms with Crippen LogP contribution in [0.4, 0.5) is 5.95 Å². The Morgan fingerprint density at radius 2 is 1.93 bits per heavy atom. The summed E-state index contributed by atoms with van der Waals surface area (Å²) in [5.74, 6) is 0.179. The fraction of sp³-hybridized carbons (Fsp3) is 0.333. The summed E-state index contributed by atoms with van der Waals surface area (Å²) in [6.07, 6.45) is 7.26. The van der Waals surface area contributed by atoms with Gasteiger partial charge in [-0.15, -0.1) is 0 Å². The van der Waals surface area contributed by atoms with Gasteiger partial charge in [-0.1, -0.05) is 12.1 Å². The molecule has 1 N–H and O–H groups in total. The summed E-state index contributed by atoms with van der Waals surface area (Å²) >= 11 is 0. The zero-order valence-corrected chi connectivity index (χ0v) is 15.4. The van der Waals surface area contributed by atoms with Crippen molar-refractivity contribution in [3.63, 3.8) is 0 Å². The van der Waals surface area contributed by atoms with Gasteiger partial charge in [0.15, 0.2) is 0 Å². The Morgan fingerprint density at radius 3 is 2.64 bits per heavy atom. The SMILES string of the molecule is [B]C([B])([B])n1cc(-c2ccc3cnc(NC(=O)CN4CCCC4)nc3c2)cn1. The molecular weight excluding hydrogens is 349 g/mol. The van der Waals surface area contributed by atoms with Gasteiger partial charge < -0.3 is 0 Å². The van der Waals surface area contributed by atoms with Crippen molar-refractivity contribution in [1.82, 2.24) is 24.6 Å². The van der Waals surface area contributed by atoms with Gasteiger partial charge in [-0.05, 0) is 42.8 Å². The van der Waals surface area contributed by atoms with Crippen molar-refractivity contribution in [2.24, 2.45) is 0 Å². The predicted molar refractivity (Wildman–Crippen MR) is 110 cm³/mol. The second-order valence-electron chi connectivity index (χ2n) is 7.06. The fourth-order valence-electron chi connectivity index (χ4n) is 3.25. The third-order valence-corrected chi connectivity index (χ3v) is 4.71. The summed E-state index contributed by atoms with van der Waals surface area (Å²) in [5, 5.41) is 6.17. The Bertz CT molecular complexity index is 1010. The number of likely N-dealkylation sites (tertiary alicyclic amines) is 1. The maximum Gasteiger partial charge on any atom is 0.240 e. The summed E-state index contributed by atoms with van der Waals surface area (Å²) < 4.78 is 1.29. The Morgan fingerprint density at radius 1 is 1.14 bits per heavy atom. The first-order chi connectivity index (χ1) is 13.4. The van der Waals surface area contributed by atoms with Gasteiger partial charge in [0.25, 0.3) is 0 Å². The van der Waals surface area contributed by atoms with E-state index in [1.807, 2.05) is 18.2 Å². The molecule has 1 aliphatic rings. The number of benzene rings is 1. The van der Waals surface area contributed by atoms with Gasteiger partial charge in [-0.2, -0.15) is 5.10 Å². The zero-order valence-electron chi connectivity index (χ0n) is 15.4. The Labute approximate surface area is 167 Å². The summed E-state index contributed by atoms with van der Waals surface area (Å²) in [6, 6.07) is 5.71. The molecule has 7 nitrogen and oxygen atoms in total. The minimum Gasteiger partial charge on any atom is -0.295 e. The highest BCUT2D eigenvalue weighted by atomic mass is 16.2. The predicted octanol–water partition coefficient (Wildman–Crippen LogP) is 0.601. The molecule has 28 heavy (non-hydrogen) atoms. The molecule has 0 bridgehead atoms. The van der Waals surface area contributed by atoms with Crippen molar-refractivity contribution in [3.8, 4) is 11.1 Å². The van der Waals surface area contributed by atoms with Crippen LogP contribution in [0.1, 0.15) is 12.8 Å². The molecule has 1 fully saturated rings. The first kappa shape index (κ1) is 18.7. The highest BCUT2D eigenvalue weighted by molar-refractivity contribution is 6.56. The van der Waals surface area contributed by atoms with Crippen molar-refractivity contribution in [3.05, 3.63) is 36.8 Å². The van der Waals surface area contributed by atoms with E-state index in [0.29, 0.717) is 12.1 Å². The lowest BCUT2D eigenvalue weighted by atomic mass is 9.49. The van der Waals surface area contributed by atoms with Crippen LogP contribution in [0.2, 0.25) is 0 Å². The van der Waals surface area contributed by atoms with Gasteiger partial charge in [0.05, 0.1) is 41.8 Å². The molecular formula is C18H17B3N6O. The van der Waals surface area contributed by atoms with E-state index < -0.39 is 5.24 Å². The molecule has 6 radical (unpaired) electrons. The third kappa shape index (κ3) is 4.12. The van der Waals surface area contributed by atoms with E-state index in [0.717, 1.165) is 42.4 Å². The minimum atomic E-state index is -1.57. The number of hydrogen-bond donors (Lipinski definition) is 1. The third-order valence-electron chi connectivity index (χ3n) is 4.71. The number of hydrogen-bond acceptors (Lipinski definition) is 5. The molecule has 0 spiro atoms. The van der Waals surface area contributed by atoms with Crippen LogP contribution in [0.5, 0.6) is 0 Å². The second-order valence-corrected chi connectivity index (χ2v) is 7.06. The van der Waals surface area contributed by atoms with Crippen LogP contribution in [0, 0.1) is 0 Å². The summed E-state index contributed by atoms with van der Waals surface area (Å²) in [6.45, 7) is 2.27. The van der Waals surface area contributed by atoms with E-state index in [2.05, 4.69) is 25.3 Å². The Hall–Kier alpha value is -2.61. The lowest BCUT2D eigenvalue weighted by molar-refractivity contribution is -0.117. The molecule has 1 aliphatic heterocycles. The van der Waals surface area contributed by atoms with Crippen LogP contribution < -0.4 is 5.32 Å². The summed E-state index contributed by atoms with van der Waals surface area (Å²) in [5.41, 5.74) is 2.37. The van der Waals surface area contributed by atoms with E-state index in [1.165, 1.54) is 4.68 Å². The second kappa shape index (κ2) is 7.43. The molecule has 3 heterocycles. The number of nitrogens with zero attached hydrogens (tertiary/aromatic N) is 5. The largest absolute Gasteiger partial charge is 0.295 e. The van der Waals surface area contributed by atoms with Gasteiger partial charge in [-0.25, -0.2) is 9.97 Å². The van der Waals surface area contributed by atoms with Crippen LogP contribution in [-0.4, -0.2) is 73.7 Å². The van der Waals surface area contributed by atoms with Crippen LogP contribution in [0.15, 0.2) is 36.8 Å². The highest BCUT2D eigenvalue weighted by Gasteiger charge is 2.16. The molecule has 4 rings (SSSR count). The summed E-state index contributed by atoms with van der Waals surface area (Å²) in [7, 11) is 17.0. The standard InChI is InChI=1S/C18H17B3N6O/c19-18(20,21)27-10-14(9-23-27)12-3-4-13-8-22-17(24-15(13)7-12)25-16(28)11-26-5-1-2-6-26/h3-4,7-10H,1-2,5-6,11H2,(H,22,24,25,28). The van der Waals surface area contributed by atoms with E-state index in [1.54, 1.807) is 18.6 Å². The van der Waals surface area contributed by atoms with Gasteiger partial charge in [0.1, 0.15) is 0 Å². The minimum absolute atomic E-state index is 0.108. The number of carbonyl (C=O) groups is 1. The molecule has 1 aromatic carbocycles. The molecule has 2 aromatic heterocycles. The van der Waals surface area contributed by atoms with Gasteiger partial charge in [0.2, 0.25) is 11.9 Å². The number of amides is 1. The molecule has 0 aliphatic carbocycles. The molecule has 0 unspecified atom stereocenters. The maximum atomic E-state index is 12.2. The fourth-order valence-corrected chi connectivity index (χ4v) is 3.25. The van der Waals surface area contributed by atoms with E-state index in [9.17, 15) is 4.79 Å². The van der Waals surface area contributed by atoms with Crippen LogP contribution in [-0.2, 0) is 10.0 Å². The van der Waals surface area contributed by atoms with Crippen molar-refractivity contribution in [2.45, 2.75) is 18.1 Å². The Kier molecular flexibility index (Phi) is 4.97. The quantitative estimate of drug-likeness (QED) is 0.670. The molecule has 10 heteroatoms. The van der Waals surface area contributed by atoms with Crippen LogP contribution in [0.25, 0.3) is 22.0 Å². The number of fused-ring (bicyclic) bond motifs is 1. The zero-order chi connectivity index (χ0) is 19.7. The number of carbonyl (C=O) groups excluding carboxylic acids is 1. The smallest absolute Gasteiger partial charge is 0.240 e. The average molecular weight is 366 g/mol. The van der Waals surface area contributed by atoms with Gasteiger partial charge >= 0.3 is 0 Å². The molecule has 0 saturated carbocycles.